The SMILES string of the molecule is Fc1ccc(CO/N=[C]\C2=CCCCC2)cc1F. The van der Waals surface area contributed by atoms with E-state index in [2.05, 4.69) is 17.4 Å². The Morgan fingerprint density at radius 3 is 2.83 bits per heavy atom. The number of hydrogen-bond acceptors (Lipinski definition) is 2. The molecule has 0 aliphatic heterocycles. The second kappa shape index (κ2) is 6.28. The van der Waals surface area contributed by atoms with Gasteiger partial charge in [0.25, 0.3) is 0 Å². The van der Waals surface area contributed by atoms with Gasteiger partial charge in [-0.3, -0.25) is 0 Å². The molecule has 18 heavy (non-hydrogen) atoms. The van der Waals surface area contributed by atoms with Gasteiger partial charge in [0.2, 0.25) is 0 Å². The topological polar surface area (TPSA) is 21.6 Å². The van der Waals surface area contributed by atoms with Gasteiger partial charge in [0.05, 0.1) is 0 Å². The highest BCUT2D eigenvalue weighted by Crippen LogP contribution is 2.15. The summed E-state index contributed by atoms with van der Waals surface area (Å²) in [6.45, 7) is 0.109. The summed E-state index contributed by atoms with van der Waals surface area (Å²) < 4.78 is 25.6. The summed E-state index contributed by atoms with van der Waals surface area (Å²) in [5.74, 6) is -1.74. The fourth-order valence-corrected chi connectivity index (χ4v) is 1.77. The highest BCUT2D eigenvalue weighted by atomic mass is 19.2. The molecule has 2 rings (SSSR count). The van der Waals surface area contributed by atoms with E-state index in [0.29, 0.717) is 5.56 Å². The Hall–Kier alpha value is -1.71. The molecular weight excluding hydrogens is 236 g/mol. The van der Waals surface area contributed by atoms with Crippen molar-refractivity contribution in [3.05, 3.63) is 47.0 Å². The lowest BCUT2D eigenvalue weighted by Gasteiger charge is -2.06. The first-order chi connectivity index (χ1) is 8.75. The summed E-state index contributed by atoms with van der Waals surface area (Å²) in [6, 6.07) is 3.64. The second-order valence-electron chi connectivity index (χ2n) is 4.20. The van der Waals surface area contributed by atoms with Gasteiger partial charge >= 0.3 is 0 Å². The number of nitrogens with zero attached hydrogens (tertiary/aromatic N) is 1. The zero-order chi connectivity index (χ0) is 12.8. The van der Waals surface area contributed by atoms with Crippen LogP contribution in [0.25, 0.3) is 0 Å². The van der Waals surface area contributed by atoms with Gasteiger partial charge < -0.3 is 4.84 Å². The molecule has 0 heterocycles. The predicted octanol–water partition coefficient (Wildman–Crippen LogP) is 3.84. The van der Waals surface area contributed by atoms with Crippen LogP contribution < -0.4 is 0 Å². The quantitative estimate of drug-likeness (QED) is 0.587. The molecule has 0 fully saturated rings. The Bertz CT molecular complexity index is 469. The van der Waals surface area contributed by atoms with Crippen LogP contribution in [0.1, 0.15) is 31.2 Å². The molecule has 95 valence electrons. The number of halogens is 2. The van der Waals surface area contributed by atoms with Gasteiger partial charge in [-0.2, -0.15) is 0 Å². The third-order valence-electron chi connectivity index (χ3n) is 2.76. The summed E-state index contributed by atoms with van der Waals surface area (Å²) in [7, 11) is 0. The van der Waals surface area contributed by atoms with E-state index in [0.717, 1.165) is 37.0 Å². The van der Waals surface area contributed by atoms with Gasteiger partial charge in [0, 0.05) is 0 Å². The third-order valence-corrected chi connectivity index (χ3v) is 2.76. The first-order valence-corrected chi connectivity index (χ1v) is 5.96. The molecule has 0 amide bonds. The number of hydrogen-bond donors (Lipinski definition) is 0. The van der Waals surface area contributed by atoms with Gasteiger partial charge in [0.1, 0.15) is 12.8 Å². The smallest absolute Gasteiger partial charge is 0.159 e. The van der Waals surface area contributed by atoms with Crippen molar-refractivity contribution in [2.24, 2.45) is 5.16 Å². The van der Waals surface area contributed by atoms with E-state index in [4.69, 9.17) is 4.84 Å². The van der Waals surface area contributed by atoms with E-state index >= 15 is 0 Å². The minimum atomic E-state index is -0.876. The van der Waals surface area contributed by atoms with E-state index in [9.17, 15) is 8.78 Å². The van der Waals surface area contributed by atoms with Crippen molar-refractivity contribution in [2.45, 2.75) is 32.3 Å². The van der Waals surface area contributed by atoms with Gasteiger partial charge in [-0.05, 0) is 49.0 Å². The number of rotatable bonds is 4. The third kappa shape index (κ3) is 3.65. The maximum absolute atomic E-state index is 12.9. The van der Waals surface area contributed by atoms with Gasteiger partial charge in [-0.15, -0.1) is 0 Å². The van der Waals surface area contributed by atoms with Gasteiger partial charge in [-0.1, -0.05) is 17.3 Å². The first-order valence-electron chi connectivity index (χ1n) is 5.96. The Labute approximate surface area is 105 Å². The predicted molar refractivity (Wildman–Crippen MR) is 65.1 cm³/mol. The molecule has 4 heteroatoms. The van der Waals surface area contributed by atoms with Crippen molar-refractivity contribution in [1.29, 1.82) is 0 Å². The van der Waals surface area contributed by atoms with Crippen LogP contribution in [0.15, 0.2) is 35.0 Å². The van der Waals surface area contributed by atoms with Crippen molar-refractivity contribution >= 4 is 6.21 Å². The molecule has 0 aromatic heterocycles. The van der Waals surface area contributed by atoms with Crippen LogP contribution in [0.3, 0.4) is 0 Å². The fraction of sp³-hybridized carbons (Fsp3) is 0.357. The van der Waals surface area contributed by atoms with Crippen molar-refractivity contribution in [2.75, 3.05) is 0 Å². The number of benzene rings is 1. The van der Waals surface area contributed by atoms with Crippen molar-refractivity contribution in [3.63, 3.8) is 0 Å². The monoisotopic (exact) mass is 250 g/mol. The van der Waals surface area contributed by atoms with Crippen LogP contribution in [-0.4, -0.2) is 6.21 Å². The van der Waals surface area contributed by atoms with Crippen LogP contribution >= 0.6 is 0 Å². The largest absolute Gasteiger partial charge is 0.390 e. The zero-order valence-electron chi connectivity index (χ0n) is 9.96. The molecule has 0 bridgehead atoms. The molecule has 1 aliphatic rings. The summed E-state index contributed by atoms with van der Waals surface area (Å²) in [4.78, 5) is 5.00. The van der Waals surface area contributed by atoms with E-state index in [1.807, 2.05) is 0 Å². The molecule has 1 radical (unpaired) electrons. The molecule has 0 atom stereocenters. The zero-order valence-corrected chi connectivity index (χ0v) is 9.96. The minimum Gasteiger partial charge on any atom is -0.390 e. The van der Waals surface area contributed by atoms with Crippen molar-refractivity contribution in [1.82, 2.24) is 0 Å². The molecule has 0 saturated carbocycles. The molecule has 2 nitrogen and oxygen atoms in total. The molecule has 1 aliphatic carbocycles. The van der Waals surface area contributed by atoms with E-state index in [-0.39, 0.29) is 6.61 Å². The maximum Gasteiger partial charge on any atom is 0.159 e. The average molecular weight is 250 g/mol. The van der Waals surface area contributed by atoms with Gasteiger partial charge in [0.15, 0.2) is 11.6 Å². The van der Waals surface area contributed by atoms with Crippen molar-refractivity contribution < 1.29 is 13.6 Å². The van der Waals surface area contributed by atoms with Crippen molar-refractivity contribution in [3.8, 4) is 0 Å². The normalized spacial score (nSPS) is 15.8. The van der Waals surface area contributed by atoms with Crippen LogP contribution in [0, 0.1) is 11.6 Å². The number of allylic oxidation sites excluding steroid dienone is 2. The second-order valence-corrected chi connectivity index (χ2v) is 4.20. The van der Waals surface area contributed by atoms with Crippen LogP contribution in [0.2, 0.25) is 0 Å². The molecule has 0 unspecified atom stereocenters. The Morgan fingerprint density at radius 1 is 1.22 bits per heavy atom. The summed E-state index contributed by atoms with van der Waals surface area (Å²) in [5.41, 5.74) is 1.59. The lowest BCUT2D eigenvalue weighted by Crippen LogP contribution is -1.94. The highest BCUT2D eigenvalue weighted by molar-refractivity contribution is 5.78. The Morgan fingerprint density at radius 2 is 2.11 bits per heavy atom. The average Bonchev–Trinajstić information content (AvgIpc) is 2.40. The lowest BCUT2D eigenvalue weighted by molar-refractivity contribution is 0.131. The summed E-state index contributed by atoms with van der Waals surface area (Å²) >= 11 is 0. The van der Waals surface area contributed by atoms with Crippen LogP contribution in [0.5, 0.6) is 0 Å². The molecule has 0 saturated heterocycles. The molecule has 0 N–H and O–H groups in total. The van der Waals surface area contributed by atoms with Crippen LogP contribution in [0.4, 0.5) is 8.78 Å². The molecule has 0 spiro atoms. The highest BCUT2D eigenvalue weighted by Gasteiger charge is 2.03. The Kier molecular flexibility index (Phi) is 4.45. The van der Waals surface area contributed by atoms with E-state index < -0.39 is 11.6 Å². The Balaban J connectivity index is 1.82. The minimum absolute atomic E-state index is 0.109. The summed E-state index contributed by atoms with van der Waals surface area (Å²) in [5, 5.41) is 3.71. The van der Waals surface area contributed by atoms with E-state index in [1.165, 1.54) is 12.5 Å². The molecular formula is C14H14F2NO. The maximum atomic E-state index is 12.9. The first kappa shape index (κ1) is 12.7. The fourth-order valence-electron chi connectivity index (χ4n) is 1.77. The van der Waals surface area contributed by atoms with Crippen LogP contribution in [-0.2, 0) is 11.4 Å². The van der Waals surface area contributed by atoms with Gasteiger partial charge in [-0.25, -0.2) is 8.78 Å². The van der Waals surface area contributed by atoms with E-state index in [1.54, 1.807) is 0 Å². The standard InChI is InChI=1S/C14H14F2NO/c15-13-7-6-12(8-14(13)16)10-18-17-9-11-4-2-1-3-5-11/h4,6-8H,1-3,5,10H2. The summed E-state index contributed by atoms with van der Waals surface area (Å²) in [6.07, 6.45) is 9.29. The molecule has 1 aromatic rings. The lowest BCUT2D eigenvalue weighted by atomic mass is 10.0. The molecule has 1 aromatic carbocycles.